The number of nitrogens with one attached hydrogen (secondary N) is 1. The summed E-state index contributed by atoms with van der Waals surface area (Å²) in [6.07, 6.45) is 0. The van der Waals surface area contributed by atoms with Gasteiger partial charge in [-0.3, -0.25) is 4.79 Å². The number of aromatic nitrogens is 4. The number of benzene rings is 1. The van der Waals surface area contributed by atoms with Crippen LogP contribution in [0.3, 0.4) is 0 Å². The smallest absolute Gasteiger partial charge is 0.272 e. The summed E-state index contributed by atoms with van der Waals surface area (Å²) in [5.74, 6) is 0.827. The Hall–Kier alpha value is -3.09. The van der Waals surface area contributed by atoms with Crippen LogP contribution in [0.25, 0.3) is 11.4 Å². The summed E-state index contributed by atoms with van der Waals surface area (Å²) in [4.78, 5) is 16.3. The summed E-state index contributed by atoms with van der Waals surface area (Å²) < 4.78 is 4.96. The van der Waals surface area contributed by atoms with Gasteiger partial charge in [0.2, 0.25) is 11.7 Å². The maximum absolute atomic E-state index is 12.1. The van der Waals surface area contributed by atoms with Gasteiger partial charge in [-0.25, -0.2) is 0 Å². The lowest BCUT2D eigenvalue weighted by atomic mass is 10.1. The molecule has 0 bridgehead atoms. The van der Waals surface area contributed by atoms with Crippen molar-refractivity contribution in [1.82, 2.24) is 25.7 Å². The number of hydrogen-bond acceptors (Lipinski definition) is 6. The van der Waals surface area contributed by atoms with Crippen LogP contribution in [0.1, 0.15) is 33.2 Å². The largest absolute Gasteiger partial charge is 0.347 e. The fraction of sp³-hybridized carbons (Fsp3) is 0.235. The lowest BCUT2D eigenvalue weighted by Crippen LogP contribution is -2.24. The second-order valence-corrected chi connectivity index (χ2v) is 5.51. The van der Waals surface area contributed by atoms with Crippen molar-refractivity contribution in [2.45, 2.75) is 27.3 Å². The lowest BCUT2D eigenvalue weighted by Gasteiger charge is -2.06. The molecule has 7 heteroatoms. The number of aryl methyl sites for hydroxylation is 3. The van der Waals surface area contributed by atoms with Crippen molar-refractivity contribution >= 4 is 5.91 Å². The second-order valence-electron chi connectivity index (χ2n) is 5.51. The molecule has 0 saturated carbocycles. The molecule has 3 rings (SSSR count). The molecule has 122 valence electrons. The SMILES string of the molecule is Cc1nc(-c2ccc(CNC(=O)c3cc(C)c(C)nn3)cc2)no1. The van der Waals surface area contributed by atoms with Crippen LogP contribution in [-0.2, 0) is 6.54 Å². The first kappa shape index (κ1) is 15.8. The minimum absolute atomic E-state index is 0.247. The van der Waals surface area contributed by atoms with Crippen molar-refractivity contribution in [2.75, 3.05) is 0 Å². The molecule has 3 aromatic rings. The number of carbonyl (C=O) groups excluding carboxylic acids is 1. The Balaban J connectivity index is 1.64. The molecule has 0 aliphatic carbocycles. The number of carbonyl (C=O) groups is 1. The van der Waals surface area contributed by atoms with Crippen molar-refractivity contribution in [3.8, 4) is 11.4 Å². The number of amides is 1. The predicted octanol–water partition coefficient (Wildman–Crippen LogP) is 2.38. The summed E-state index contributed by atoms with van der Waals surface area (Å²) in [6, 6.07) is 9.34. The van der Waals surface area contributed by atoms with Gasteiger partial charge in [0.15, 0.2) is 5.69 Å². The fourth-order valence-corrected chi connectivity index (χ4v) is 2.12. The van der Waals surface area contributed by atoms with Crippen molar-refractivity contribution < 1.29 is 9.32 Å². The molecular weight excluding hydrogens is 306 g/mol. The maximum atomic E-state index is 12.1. The minimum atomic E-state index is -0.247. The number of rotatable bonds is 4. The quantitative estimate of drug-likeness (QED) is 0.792. The Morgan fingerprint density at radius 1 is 1.12 bits per heavy atom. The molecule has 0 fully saturated rings. The first-order valence-corrected chi connectivity index (χ1v) is 7.51. The molecule has 0 unspecified atom stereocenters. The highest BCUT2D eigenvalue weighted by molar-refractivity contribution is 5.92. The third-order valence-electron chi connectivity index (χ3n) is 3.66. The van der Waals surface area contributed by atoms with E-state index in [0.29, 0.717) is 24.0 Å². The summed E-state index contributed by atoms with van der Waals surface area (Å²) in [5, 5.41) is 14.6. The number of hydrogen-bond donors (Lipinski definition) is 1. The Kier molecular flexibility index (Phi) is 4.33. The maximum Gasteiger partial charge on any atom is 0.272 e. The second kappa shape index (κ2) is 6.57. The zero-order chi connectivity index (χ0) is 17.1. The Bertz CT molecular complexity index is 871. The normalized spacial score (nSPS) is 10.6. The van der Waals surface area contributed by atoms with Gasteiger partial charge in [0.1, 0.15) is 0 Å². The molecular formula is C17H17N5O2. The monoisotopic (exact) mass is 323 g/mol. The van der Waals surface area contributed by atoms with E-state index in [2.05, 4.69) is 25.7 Å². The molecule has 0 spiro atoms. The lowest BCUT2D eigenvalue weighted by molar-refractivity contribution is 0.0944. The van der Waals surface area contributed by atoms with Crippen LogP contribution in [0.15, 0.2) is 34.9 Å². The highest BCUT2D eigenvalue weighted by atomic mass is 16.5. The van der Waals surface area contributed by atoms with Gasteiger partial charge >= 0.3 is 0 Å². The third kappa shape index (κ3) is 3.45. The van der Waals surface area contributed by atoms with Gasteiger partial charge < -0.3 is 9.84 Å². The van der Waals surface area contributed by atoms with Crippen LogP contribution in [0.5, 0.6) is 0 Å². The van der Waals surface area contributed by atoms with Gasteiger partial charge in [0, 0.05) is 19.0 Å². The topological polar surface area (TPSA) is 93.8 Å². The molecule has 1 aromatic carbocycles. The van der Waals surface area contributed by atoms with Crippen LogP contribution in [0, 0.1) is 20.8 Å². The van der Waals surface area contributed by atoms with Crippen LogP contribution in [0.2, 0.25) is 0 Å². The van der Waals surface area contributed by atoms with Crippen LogP contribution < -0.4 is 5.32 Å². The Labute approximate surface area is 139 Å². The molecule has 1 N–H and O–H groups in total. The highest BCUT2D eigenvalue weighted by Gasteiger charge is 2.10. The predicted molar refractivity (Wildman–Crippen MR) is 87.1 cm³/mol. The van der Waals surface area contributed by atoms with Crippen molar-refractivity contribution in [2.24, 2.45) is 0 Å². The molecule has 0 saturated heterocycles. The van der Waals surface area contributed by atoms with Crippen LogP contribution in [-0.4, -0.2) is 26.2 Å². The summed E-state index contributed by atoms with van der Waals surface area (Å²) in [7, 11) is 0. The van der Waals surface area contributed by atoms with Crippen molar-refractivity contribution in [3.05, 3.63) is 58.7 Å². The van der Waals surface area contributed by atoms with Gasteiger partial charge in [-0.05, 0) is 31.0 Å². The molecule has 0 radical (unpaired) electrons. The van der Waals surface area contributed by atoms with Crippen molar-refractivity contribution in [1.29, 1.82) is 0 Å². The van der Waals surface area contributed by atoms with E-state index in [-0.39, 0.29) is 5.91 Å². The van der Waals surface area contributed by atoms with Gasteiger partial charge in [-0.15, -0.1) is 5.10 Å². The van der Waals surface area contributed by atoms with E-state index in [1.165, 1.54) is 0 Å². The van der Waals surface area contributed by atoms with Crippen molar-refractivity contribution in [3.63, 3.8) is 0 Å². The minimum Gasteiger partial charge on any atom is -0.347 e. The summed E-state index contributed by atoms with van der Waals surface area (Å²) in [5.41, 5.74) is 3.90. The first-order chi connectivity index (χ1) is 11.5. The zero-order valence-electron chi connectivity index (χ0n) is 13.7. The molecule has 24 heavy (non-hydrogen) atoms. The Morgan fingerprint density at radius 3 is 2.50 bits per heavy atom. The average molecular weight is 323 g/mol. The number of nitrogens with zero attached hydrogens (tertiary/aromatic N) is 4. The summed E-state index contributed by atoms with van der Waals surface area (Å²) >= 11 is 0. The Morgan fingerprint density at radius 2 is 1.88 bits per heavy atom. The molecule has 7 nitrogen and oxygen atoms in total. The average Bonchev–Trinajstić information content (AvgIpc) is 3.02. The van der Waals surface area contributed by atoms with E-state index < -0.39 is 0 Å². The highest BCUT2D eigenvalue weighted by Crippen LogP contribution is 2.16. The molecule has 0 aliphatic rings. The molecule has 2 aromatic heterocycles. The zero-order valence-corrected chi connectivity index (χ0v) is 13.7. The van der Waals surface area contributed by atoms with Gasteiger partial charge in [-0.2, -0.15) is 10.1 Å². The van der Waals surface area contributed by atoms with E-state index in [9.17, 15) is 4.79 Å². The van der Waals surface area contributed by atoms with Gasteiger partial charge in [-0.1, -0.05) is 29.4 Å². The van der Waals surface area contributed by atoms with Gasteiger partial charge in [0.05, 0.1) is 5.69 Å². The molecule has 1 amide bonds. The van der Waals surface area contributed by atoms with Crippen LogP contribution >= 0.6 is 0 Å². The van der Waals surface area contributed by atoms with Crippen LogP contribution in [0.4, 0.5) is 0 Å². The van der Waals surface area contributed by atoms with E-state index in [0.717, 1.165) is 22.4 Å². The van der Waals surface area contributed by atoms with E-state index >= 15 is 0 Å². The molecule has 0 aliphatic heterocycles. The molecule has 2 heterocycles. The first-order valence-electron chi connectivity index (χ1n) is 7.51. The summed E-state index contributed by atoms with van der Waals surface area (Å²) in [6.45, 7) is 5.91. The van der Waals surface area contributed by atoms with Gasteiger partial charge in [0.25, 0.3) is 5.91 Å². The molecule has 0 atom stereocenters. The third-order valence-corrected chi connectivity index (χ3v) is 3.66. The van der Waals surface area contributed by atoms with E-state index in [1.807, 2.05) is 38.1 Å². The standard InChI is InChI=1S/C17H17N5O2/c1-10-8-15(21-20-11(10)2)17(23)18-9-13-4-6-14(7-5-13)16-19-12(3)24-22-16/h4-8H,9H2,1-3H3,(H,18,23). The van der Waals surface area contributed by atoms with E-state index in [4.69, 9.17) is 4.52 Å². The van der Waals surface area contributed by atoms with E-state index in [1.54, 1.807) is 13.0 Å². The fourth-order valence-electron chi connectivity index (χ4n) is 2.12.